The van der Waals surface area contributed by atoms with Crippen molar-refractivity contribution in [1.82, 2.24) is 5.32 Å². The largest absolute Gasteiger partial charge is 0.467 e. The third kappa shape index (κ3) is 4.44. The van der Waals surface area contributed by atoms with Crippen molar-refractivity contribution < 1.29 is 14.3 Å². The first kappa shape index (κ1) is 15.8. The second-order valence-corrected chi connectivity index (χ2v) is 6.57. The first-order chi connectivity index (χ1) is 10.1. The van der Waals surface area contributed by atoms with Gasteiger partial charge in [0.2, 0.25) is 5.91 Å². The number of furan rings is 1. The molecule has 5 heteroatoms. The summed E-state index contributed by atoms with van der Waals surface area (Å²) in [7, 11) is 0. The van der Waals surface area contributed by atoms with Crippen LogP contribution in [0.15, 0.2) is 28.9 Å². The molecule has 1 atom stereocenters. The molecule has 4 nitrogen and oxygen atoms in total. The van der Waals surface area contributed by atoms with Crippen molar-refractivity contribution in [3.05, 3.63) is 45.5 Å². The number of carbonyl (C=O) groups is 1. The molecule has 0 radical (unpaired) electrons. The number of thiophene rings is 1. The lowest BCUT2D eigenvalue weighted by atomic mass is 10.1. The van der Waals surface area contributed by atoms with E-state index in [0.717, 1.165) is 12.8 Å². The predicted octanol–water partition coefficient (Wildman–Crippen LogP) is 3.13. The van der Waals surface area contributed by atoms with Gasteiger partial charge in [0.25, 0.3) is 0 Å². The Hall–Kier alpha value is -1.59. The Bertz CT molecular complexity index is 574. The number of aliphatic hydroxyl groups is 1. The zero-order chi connectivity index (χ0) is 15.2. The molecule has 0 spiro atoms. The maximum atomic E-state index is 11.9. The van der Waals surface area contributed by atoms with Crippen LogP contribution < -0.4 is 5.32 Å². The number of carbonyl (C=O) groups excluding carboxylic acids is 1. The van der Waals surface area contributed by atoms with Gasteiger partial charge in [-0.1, -0.05) is 0 Å². The summed E-state index contributed by atoms with van der Waals surface area (Å²) in [5.74, 6) is 0.519. The van der Waals surface area contributed by atoms with Gasteiger partial charge in [0.15, 0.2) is 0 Å². The molecule has 1 amide bonds. The lowest BCUT2D eigenvalue weighted by Crippen LogP contribution is -2.30. The molecule has 0 aliphatic heterocycles. The number of amides is 1. The minimum Gasteiger partial charge on any atom is -0.467 e. The first-order valence-corrected chi connectivity index (χ1v) is 7.91. The lowest BCUT2D eigenvalue weighted by molar-refractivity contribution is -0.122. The molecule has 0 aliphatic carbocycles. The summed E-state index contributed by atoms with van der Waals surface area (Å²) in [6.07, 6.45) is 3.70. The normalized spacial score (nSPS) is 12.3. The highest BCUT2D eigenvalue weighted by atomic mass is 32.1. The van der Waals surface area contributed by atoms with E-state index >= 15 is 0 Å². The van der Waals surface area contributed by atoms with Gasteiger partial charge in [-0.05, 0) is 50.5 Å². The molecule has 0 bridgehead atoms. The van der Waals surface area contributed by atoms with Crippen LogP contribution in [0.3, 0.4) is 0 Å². The van der Waals surface area contributed by atoms with Crippen LogP contribution in [0, 0.1) is 13.8 Å². The van der Waals surface area contributed by atoms with Gasteiger partial charge in [0.05, 0.1) is 12.9 Å². The van der Waals surface area contributed by atoms with Crippen LogP contribution >= 0.6 is 11.3 Å². The molecule has 2 aromatic heterocycles. The topological polar surface area (TPSA) is 62.5 Å². The van der Waals surface area contributed by atoms with Gasteiger partial charge in [-0.15, -0.1) is 11.3 Å². The van der Waals surface area contributed by atoms with Crippen molar-refractivity contribution in [3.8, 4) is 0 Å². The zero-order valence-electron chi connectivity index (χ0n) is 12.4. The first-order valence-electron chi connectivity index (χ1n) is 7.09. The Morgan fingerprint density at radius 1 is 1.48 bits per heavy atom. The SMILES string of the molecule is Cc1cc(CCCC(=O)NC(CO)c2ccco2)c(C)s1. The van der Waals surface area contributed by atoms with Gasteiger partial charge < -0.3 is 14.8 Å². The van der Waals surface area contributed by atoms with Gasteiger partial charge in [0, 0.05) is 16.2 Å². The molecule has 21 heavy (non-hydrogen) atoms. The fraction of sp³-hybridized carbons (Fsp3) is 0.438. The molecule has 2 aromatic rings. The maximum absolute atomic E-state index is 11.9. The van der Waals surface area contributed by atoms with Gasteiger partial charge in [0.1, 0.15) is 11.8 Å². The number of hydrogen-bond donors (Lipinski definition) is 2. The van der Waals surface area contributed by atoms with E-state index in [1.54, 1.807) is 23.5 Å². The smallest absolute Gasteiger partial charge is 0.220 e. The van der Waals surface area contributed by atoms with Crippen LogP contribution in [0.2, 0.25) is 0 Å². The highest BCUT2D eigenvalue weighted by molar-refractivity contribution is 7.12. The zero-order valence-corrected chi connectivity index (χ0v) is 13.2. The van der Waals surface area contributed by atoms with E-state index < -0.39 is 6.04 Å². The van der Waals surface area contributed by atoms with Crippen molar-refractivity contribution >= 4 is 17.2 Å². The Balaban J connectivity index is 1.78. The molecule has 0 saturated heterocycles. The van der Waals surface area contributed by atoms with Gasteiger partial charge in [-0.2, -0.15) is 0 Å². The van der Waals surface area contributed by atoms with E-state index in [4.69, 9.17) is 4.42 Å². The fourth-order valence-electron chi connectivity index (χ4n) is 2.33. The van der Waals surface area contributed by atoms with Crippen molar-refractivity contribution in [2.24, 2.45) is 0 Å². The Morgan fingerprint density at radius 3 is 2.86 bits per heavy atom. The quantitative estimate of drug-likeness (QED) is 0.826. The third-order valence-corrected chi connectivity index (χ3v) is 4.41. The second-order valence-electron chi connectivity index (χ2n) is 5.11. The van der Waals surface area contributed by atoms with E-state index in [-0.39, 0.29) is 12.5 Å². The average Bonchev–Trinajstić information content (AvgIpc) is 3.06. The van der Waals surface area contributed by atoms with Crippen LogP contribution in [0.4, 0.5) is 0 Å². The average molecular weight is 307 g/mol. The van der Waals surface area contributed by atoms with Crippen LogP contribution in [-0.2, 0) is 11.2 Å². The van der Waals surface area contributed by atoms with Crippen LogP contribution in [0.1, 0.15) is 40.0 Å². The molecule has 1 unspecified atom stereocenters. The standard InChI is InChI=1S/C16H21NO3S/c1-11-9-13(12(2)21-11)5-3-7-16(19)17-14(10-18)15-6-4-8-20-15/h4,6,8-9,14,18H,3,5,7,10H2,1-2H3,(H,17,19). The van der Waals surface area contributed by atoms with Crippen molar-refractivity contribution in [2.45, 2.75) is 39.2 Å². The third-order valence-electron chi connectivity index (χ3n) is 3.40. The number of aliphatic hydroxyl groups excluding tert-OH is 1. The second kappa shape index (κ2) is 7.43. The van der Waals surface area contributed by atoms with E-state index in [2.05, 4.69) is 25.2 Å². The molecule has 0 aliphatic rings. The van der Waals surface area contributed by atoms with Gasteiger partial charge in [-0.25, -0.2) is 0 Å². The van der Waals surface area contributed by atoms with Crippen LogP contribution in [0.25, 0.3) is 0 Å². The molecule has 2 N–H and O–H groups in total. The van der Waals surface area contributed by atoms with Crippen molar-refractivity contribution in [1.29, 1.82) is 0 Å². The molecule has 0 fully saturated rings. The van der Waals surface area contributed by atoms with E-state index in [9.17, 15) is 9.90 Å². The van der Waals surface area contributed by atoms with Crippen molar-refractivity contribution in [2.75, 3.05) is 6.61 Å². The fourth-order valence-corrected chi connectivity index (χ4v) is 3.31. The summed E-state index contributed by atoms with van der Waals surface area (Å²) in [4.78, 5) is 14.6. The summed E-state index contributed by atoms with van der Waals surface area (Å²) in [5, 5.41) is 12.1. The minimum absolute atomic E-state index is 0.0601. The number of rotatable bonds is 7. The Kier molecular flexibility index (Phi) is 5.59. The summed E-state index contributed by atoms with van der Waals surface area (Å²) in [6, 6.07) is 5.22. The van der Waals surface area contributed by atoms with Crippen molar-refractivity contribution in [3.63, 3.8) is 0 Å². The highest BCUT2D eigenvalue weighted by Crippen LogP contribution is 2.22. The summed E-state index contributed by atoms with van der Waals surface area (Å²) in [5.41, 5.74) is 1.33. The molecule has 2 rings (SSSR count). The summed E-state index contributed by atoms with van der Waals surface area (Å²) < 4.78 is 5.21. The highest BCUT2D eigenvalue weighted by Gasteiger charge is 2.15. The lowest BCUT2D eigenvalue weighted by Gasteiger charge is -2.13. The Labute approximate surface area is 128 Å². The number of aryl methyl sites for hydroxylation is 3. The predicted molar refractivity (Wildman–Crippen MR) is 83.4 cm³/mol. The number of nitrogens with one attached hydrogen (secondary N) is 1. The summed E-state index contributed by atoms with van der Waals surface area (Å²) >= 11 is 1.79. The summed E-state index contributed by atoms with van der Waals surface area (Å²) in [6.45, 7) is 4.05. The number of hydrogen-bond acceptors (Lipinski definition) is 4. The molecule has 0 aromatic carbocycles. The molecular weight excluding hydrogens is 286 g/mol. The van der Waals surface area contributed by atoms with E-state index in [0.29, 0.717) is 12.2 Å². The van der Waals surface area contributed by atoms with Gasteiger partial charge in [-0.3, -0.25) is 4.79 Å². The van der Waals surface area contributed by atoms with E-state index in [1.165, 1.54) is 21.6 Å². The minimum atomic E-state index is -0.461. The van der Waals surface area contributed by atoms with E-state index in [1.807, 2.05) is 0 Å². The molecule has 114 valence electrons. The maximum Gasteiger partial charge on any atom is 0.220 e. The Morgan fingerprint density at radius 2 is 2.29 bits per heavy atom. The monoisotopic (exact) mass is 307 g/mol. The molecule has 2 heterocycles. The molecular formula is C16H21NO3S. The molecule has 0 saturated carbocycles. The van der Waals surface area contributed by atoms with Crippen LogP contribution in [-0.4, -0.2) is 17.6 Å². The van der Waals surface area contributed by atoms with Crippen LogP contribution in [0.5, 0.6) is 0 Å². The van der Waals surface area contributed by atoms with Gasteiger partial charge >= 0.3 is 0 Å².